The Kier molecular flexibility index (Phi) is 5.64. The molecular formula is C20H17Cl2FN2OS. The van der Waals surface area contributed by atoms with E-state index in [0.717, 1.165) is 35.5 Å². The number of nitrogens with zero attached hydrogens (tertiary/aromatic N) is 2. The Labute approximate surface area is 170 Å². The number of aromatic nitrogens is 1. The maximum absolute atomic E-state index is 13.2. The molecule has 0 aliphatic carbocycles. The van der Waals surface area contributed by atoms with Crippen LogP contribution in [0.1, 0.15) is 12.8 Å². The molecule has 0 saturated carbocycles. The predicted octanol–water partition coefficient (Wildman–Crippen LogP) is 6.07. The third kappa shape index (κ3) is 4.27. The van der Waals surface area contributed by atoms with Gasteiger partial charge in [0.15, 0.2) is 4.80 Å². The summed E-state index contributed by atoms with van der Waals surface area (Å²) in [7, 11) is 0. The van der Waals surface area contributed by atoms with Gasteiger partial charge < -0.3 is 9.30 Å². The molecule has 1 aliphatic rings. The van der Waals surface area contributed by atoms with Gasteiger partial charge in [0.05, 0.1) is 34.1 Å². The SMILES string of the molecule is Fc1ccc(N=c2scc(-c3ccc(Cl)c(Cl)c3)n2CC2CCCO2)cc1. The van der Waals surface area contributed by atoms with Crippen molar-refractivity contribution in [2.45, 2.75) is 25.5 Å². The molecule has 4 rings (SSSR count). The Balaban J connectivity index is 1.79. The monoisotopic (exact) mass is 422 g/mol. The van der Waals surface area contributed by atoms with Crippen molar-refractivity contribution in [1.82, 2.24) is 4.57 Å². The molecule has 1 aromatic heterocycles. The van der Waals surface area contributed by atoms with Gasteiger partial charge >= 0.3 is 0 Å². The topological polar surface area (TPSA) is 26.5 Å². The first-order chi connectivity index (χ1) is 13.1. The van der Waals surface area contributed by atoms with Gasteiger partial charge in [-0.05, 0) is 49.2 Å². The van der Waals surface area contributed by atoms with Crippen molar-refractivity contribution in [2.24, 2.45) is 4.99 Å². The van der Waals surface area contributed by atoms with Gasteiger partial charge in [0.2, 0.25) is 0 Å². The molecule has 0 N–H and O–H groups in total. The normalized spacial score (nSPS) is 17.6. The Morgan fingerprint density at radius 1 is 1.15 bits per heavy atom. The molecule has 0 spiro atoms. The summed E-state index contributed by atoms with van der Waals surface area (Å²) in [6.07, 6.45) is 2.26. The van der Waals surface area contributed by atoms with Gasteiger partial charge in [0.1, 0.15) is 5.82 Å². The zero-order valence-electron chi connectivity index (χ0n) is 14.4. The average molecular weight is 423 g/mol. The van der Waals surface area contributed by atoms with Crippen molar-refractivity contribution < 1.29 is 9.13 Å². The van der Waals surface area contributed by atoms with Gasteiger partial charge in [-0.1, -0.05) is 29.3 Å². The minimum Gasteiger partial charge on any atom is -0.376 e. The zero-order chi connectivity index (χ0) is 18.8. The molecule has 2 aromatic carbocycles. The summed E-state index contributed by atoms with van der Waals surface area (Å²) in [6.45, 7) is 1.50. The van der Waals surface area contributed by atoms with E-state index in [4.69, 9.17) is 32.9 Å². The van der Waals surface area contributed by atoms with Crippen molar-refractivity contribution >= 4 is 40.2 Å². The second-order valence-electron chi connectivity index (χ2n) is 6.37. The van der Waals surface area contributed by atoms with E-state index in [1.807, 2.05) is 12.1 Å². The predicted molar refractivity (Wildman–Crippen MR) is 108 cm³/mol. The molecule has 0 bridgehead atoms. The quantitative estimate of drug-likeness (QED) is 0.500. The Hall–Kier alpha value is -1.66. The summed E-state index contributed by atoms with van der Waals surface area (Å²) in [5.41, 5.74) is 2.69. The Morgan fingerprint density at radius 3 is 2.67 bits per heavy atom. The molecule has 1 aliphatic heterocycles. The molecular weight excluding hydrogens is 406 g/mol. The van der Waals surface area contributed by atoms with E-state index < -0.39 is 0 Å². The van der Waals surface area contributed by atoms with Crippen molar-refractivity contribution in [3.8, 4) is 11.3 Å². The maximum Gasteiger partial charge on any atom is 0.190 e. The standard InChI is InChI=1S/C20H17Cl2FN2OS/c21-17-8-3-13(10-18(17)22)19-12-27-20(24-15-6-4-14(23)5-7-15)25(19)11-16-2-1-9-26-16/h3-8,10,12,16H,1-2,9,11H2. The van der Waals surface area contributed by atoms with E-state index in [9.17, 15) is 4.39 Å². The highest BCUT2D eigenvalue weighted by molar-refractivity contribution is 7.07. The number of ether oxygens (including phenoxy) is 1. The van der Waals surface area contributed by atoms with Gasteiger partial charge in [-0.25, -0.2) is 9.38 Å². The lowest BCUT2D eigenvalue weighted by Gasteiger charge is -2.14. The highest BCUT2D eigenvalue weighted by Gasteiger charge is 2.19. The number of rotatable bonds is 4. The third-order valence-electron chi connectivity index (χ3n) is 4.47. The van der Waals surface area contributed by atoms with Gasteiger partial charge in [-0.15, -0.1) is 11.3 Å². The summed E-state index contributed by atoms with van der Waals surface area (Å²) in [5.74, 6) is -0.274. The maximum atomic E-state index is 13.2. The van der Waals surface area contributed by atoms with Crippen molar-refractivity contribution in [2.75, 3.05) is 6.61 Å². The van der Waals surface area contributed by atoms with Crippen LogP contribution in [0.5, 0.6) is 0 Å². The number of thiazole rings is 1. The average Bonchev–Trinajstić information content (AvgIpc) is 3.31. The summed E-state index contributed by atoms with van der Waals surface area (Å²) in [5, 5.41) is 3.09. The number of hydrogen-bond donors (Lipinski definition) is 0. The van der Waals surface area contributed by atoms with Gasteiger partial charge in [0, 0.05) is 17.6 Å². The number of halogens is 3. The van der Waals surface area contributed by atoms with E-state index in [-0.39, 0.29) is 11.9 Å². The first-order valence-corrected chi connectivity index (χ1v) is 10.3. The molecule has 7 heteroatoms. The van der Waals surface area contributed by atoms with Crippen LogP contribution in [0.25, 0.3) is 11.3 Å². The molecule has 1 saturated heterocycles. The summed E-state index contributed by atoms with van der Waals surface area (Å²) in [4.78, 5) is 5.54. The largest absolute Gasteiger partial charge is 0.376 e. The van der Waals surface area contributed by atoms with E-state index in [0.29, 0.717) is 22.3 Å². The van der Waals surface area contributed by atoms with E-state index >= 15 is 0 Å². The smallest absolute Gasteiger partial charge is 0.190 e. The van der Waals surface area contributed by atoms with Crippen LogP contribution in [0, 0.1) is 5.82 Å². The first-order valence-electron chi connectivity index (χ1n) is 8.66. The molecule has 0 radical (unpaired) electrons. The highest BCUT2D eigenvalue weighted by Crippen LogP contribution is 2.29. The van der Waals surface area contributed by atoms with E-state index in [1.54, 1.807) is 18.2 Å². The molecule has 140 valence electrons. The minimum absolute atomic E-state index is 0.160. The molecule has 27 heavy (non-hydrogen) atoms. The van der Waals surface area contributed by atoms with Gasteiger partial charge in [-0.2, -0.15) is 0 Å². The molecule has 2 heterocycles. The molecule has 1 fully saturated rings. The van der Waals surface area contributed by atoms with Crippen LogP contribution in [-0.4, -0.2) is 17.3 Å². The van der Waals surface area contributed by atoms with Crippen LogP contribution in [0.4, 0.5) is 10.1 Å². The minimum atomic E-state index is -0.274. The van der Waals surface area contributed by atoms with Crippen LogP contribution in [0.3, 0.4) is 0 Å². The zero-order valence-corrected chi connectivity index (χ0v) is 16.7. The lowest BCUT2D eigenvalue weighted by atomic mass is 10.1. The third-order valence-corrected chi connectivity index (χ3v) is 6.08. The van der Waals surface area contributed by atoms with Crippen molar-refractivity contribution in [3.63, 3.8) is 0 Å². The Morgan fingerprint density at radius 2 is 1.96 bits per heavy atom. The second-order valence-corrected chi connectivity index (χ2v) is 8.02. The van der Waals surface area contributed by atoms with Crippen LogP contribution in [0.15, 0.2) is 52.8 Å². The molecule has 0 amide bonds. The van der Waals surface area contributed by atoms with E-state index in [2.05, 4.69) is 9.95 Å². The Bertz CT molecular complexity index is 1010. The van der Waals surface area contributed by atoms with Gasteiger partial charge in [-0.3, -0.25) is 0 Å². The fourth-order valence-corrected chi connectivity index (χ4v) is 4.34. The fraction of sp³-hybridized carbons (Fsp3) is 0.250. The van der Waals surface area contributed by atoms with Gasteiger partial charge in [0.25, 0.3) is 0 Å². The number of benzene rings is 2. The lowest BCUT2D eigenvalue weighted by molar-refractivity contribution is 0.0968. The number of hydrogen-bond acceptors (Lipinski definition) is 3. The van der Waals surface area contributed by atoms with Crippen LogP contribution in [-0.2, 0) is 11.3 Å². The van der Waals surface area contributed by atoms with Crippen molar-refractivity contribution in [1.29, 1.82) is 0 Å². The molecule has 3 aromatic rings. The van der Waals surface area contributed by atoms with Crippen molar-refractivity contribution in [3.05, 3.63) is 68.5 Å². The van der Waals surface area contributed by atoms with Crippen LogP contribution >= 0.6 is 34.5 Å². The summed E-state index contributed by atoms with van der Waals surface area (Å²) >= 11 is 13.8. The van der Waals surface area contributed by atoms with Crippen LogP contribution in [0.2, 0.25) is 10.0 Å². The second kappa shape index (κ2) is 8.15. The molecule has 3 nitrogen and oxygen atoms in total. The summed E-state index contributed by atoms with van der Waals surface area (Å²) in [6, 6.07) is 11.8. The highest BCUT2D eigenvalue weighted by atomic mass is 35.5. The summed E-state index contributed by atoms with van der Waals surface area (Å²) < 4.78 is 21.2. The molecule has 1 unspecified atom stereocenters. The van der Waals surface area contributed by atoms with Crippen LogP contribution < -0.4 is 4.80 Å². The fourth-order valence-electron chi connectivity index (χ4n) is 3.10. The molecule has 1 atom stereocenters. The first kappa shape index (κ1) is 18.7. The van der Waals surface area contributed by atoms with E-state index in [1.165, 1.54) is 23.5 Å². The lowest BCUT2D eigenvalue weighted by Crippen LogP contribution is -2.24.